The van der Waals surface area contributed by atoms with E-state index in [-0.39, 0.29) is 24.3 Å². The number of carbonyl (C=O) groups excluding carboxylic acids is 3. The molecule has 2 amide bonds. The van der Waals surface area contributed by atoms with Crippen LogP contribution in [0.2, 0.25) is 0 Å². The molecule has 0 unspecified atom stereocenters. The molecular formula is C23H26N2O5. The third-order valence-corrected chi connectivity index (χ3v) is 4.67. The van der Waals surface area contributed by atoms with E-state index in [4.69, 9.17) is 9.47 Å². The van der Waals surface area contributed by atoms with E-state index in [2.05, 4.69) is 5.32 Å². The minimum Gasteiger partial charge on any atom is -0.489 e. The number of rotatable bonds is 7. The topological polar surface area (TPSA) is 84.9 Å². The van der Waals surface area contributed by atoms with Crippen LogP contribution in [0.1, 0.15) is 36.2 Å². The number of nitrogens with zero attached hydrogens (tertiary/aromatic N) is 1. The predicted molar refractivity (Wildman–Crippen MR) is 111 cm³/mol. The highest BCUT2D eigenvalue weighted by molar-refractivity contribution is 5.99. The van der Waals surface area contributed by atoms with Crippen molar-refractivity contribution in [3.8, 4) is 5.75 Å². The fourth-order valence-corrected chi connectivity index (χ4v) is 3.23. The number of ether oxygens (including phenoxy) is 2. The lowest BCUT2D eigenvalue weighted by molar-refractivity contribution is -0.151. The number of benzene rings is 2. The van der Waals surface area contributed by atoms with Crippen LogP contribution in [0.5, 0.6) is 5.75 Å². The van der Waals surface area contributed by atoms with Crippen LogP contribution in [0.15, 0.2) is 54.6 Å². The van der Waals surface area contributed by atoms with E-state index in [0.717, 1.165) is 5.56 Å². The van der Waals surface area contributed by atoms with Crippen molar-refractivity contribution in [3.05, 3.63) is 65.7 Å². The Morgan fingerprint density at radius 3 is 2.47 bits per heavy atom. The highest BCUT2D eigenvalue weighted by atomic mass is 16.5. The molecule has 0 spiro atoms. The maximum absolute atomic E-state index is 13.0. The number of hydrogen-bond acceptors (Lipinski definition) is 5. The highest BCUT2D eigenvalue weighted by Gasteiger charge is 2.35. The Morgan fingerprint density at radius 2 is 1.80 bits per heavy atom. The van der Waals surface area contributed by atoms with E-state index in [1.807, 2.05) is 30.3 Å². The number of nitrogens with one attached hydrogen (secondary N) is 1. The van der Waals surface area contributed by atoms with Crippen LogP contribution in [-0.2, 0) is 20.9 Å². The molecule has 1 N–H and O–H groups in total. The number of hydrogen-bond donors (Lipinski definition) is 1. The predicted octanol–water partition coefficient (Wildman–Crippen LogP) is 2.55. The first-order chi connectivity index (χ1) is 14.4. The summed E-state index contributed by atoms with van der Waals surface area (Å²) in [5.74, 6) is -0.515. The SMILES string of the molecule is CC(C)OC(=O)C[C@H]1C(=O)NCCN1C(=O)c1ccc(OCc2ccccc2)cc1. The fourth-order valence-electron chi connectivity index (χ4n) is 3.23. The molecule has 30 heavy (non-hydrogen) atoms. The smallest absolute Gasteiger partial charge is 0.308 e. The van der Waals surface area contributed by atoms with Gasteiger partial charge in [0.15, 0.2) is 0 Å². The van der Waals surface area contributed by atoms with Crippen LogP contribution in [-0.4, -0.2) is 47.9 Å². The summed E-state index contributed by atoms with van der Waals surface area (Å²) < 4.78 is 10.9. The second-order valence-electron chi connectivity index (χ2n) is 7.35. The van der Waals surface area contributed by atoms with Gasteiger partial charge in [-0.3, -0.25) is 14.4 Å². The zero-order valence-electron chi connectivity index (χ0n) is 17.2. The van der Waals surface area contributed by atoms with E-state index >= 15 is 0 Å². The van der Waals surface area contributed by atoms with E-state index < -0.39 is 12.0 Å². The lowest BCUT2D eigenvalue weighted by atomic mass is 10.1. The molecule has 1 aliphatic rings. The van der Waals surface area contributed by atoms with Gasteiger partial charge in [0.1, 0.15) is 18.4 Å². The zero-order chi connectivity index (χ0) is 21.5. The van der Waals surface area contributed by atoms with Crippen molar-refractivity contribution >= 4 is 17.8 Å². The van der Waals surface area contributed by atoms with E-state index in [1.165, 1.54) is 4.90 Å². The van der Waals surface area contributed by atoms with Gasteiger partial charge in [0.25, 0.3) is 5.91 Å². The molecule has 0 aliphatic carbocycles. The first-order valence-electron chi connectivity index (χ1n) is 9.99. The molecule has 1 saturated heterocycles. The van der Waals surface area contributed by atoms with E-state index in [1.54, 1.807) is 38.1 Å². The van der Waals surface area contributed by atoms with Crippen molar-refractivity contribution in [1.82, 2.24) is 10.2 Å². The summed E-state index contributed by atoms with van der Waals surface area (Å²) in [5, 5.41) is 2.71. The zero-order valence-corrected chi connectivity index (χ0v) is 17.2. The molecule has 158 valence electrons. The van der Waals surface area contributed by atoms with Gasteiger partial charge in [0.05, 0.1) is 12.5 Å². The van der Waals surface area contributed by atoms with Gasteiger partial charge in [0.2, 0.25) is 5.91 Å². The first-order valence-corrected chi connectivity index (χ1v) is 9.99. The normalized spacial score (nSPS) is 16.2. The molecule has 0 radical (unpaired) electrons. The monoisotopic (exact) mass is 410 g/mol. The van der Waals surface area contributed by atoms with E-state index in [9.17, 15) is 14.4 Å². The van der Waals surface area contributed by atoms with Crippen molar-refractivity contribution < 1.29 is 23.9 Å². The standard InChI is InChI=1S/C23H26N2O5/c1-16(2)30-21(26)14-20-22(27)24-12-13-25(20)23(28)18-8-10-19(11-9-18)29-15-17-6-4-3-5-7-17/h3-11,16,20H,12-15H2,1-2H3,(H,24,27)/t20-/m0/s1. The third kappa shape index (κ3) is 5.59. The summed E-state index contributed by atoms with van der Waals surface area (Å²) in [5.41, 5.74) is 1.48. The number of carbonyl (C=O) groups is 3. The molecule has 3 rings (SSSR count). The summed E-state index contributed by atoms with van der Waals surface area (Å²) >= 11 is 0. The Kier molecular flexibility index (Phi) is 7.06. The van der Waals surface area contributed by atoms with Gasteiger partial charge in [-0.1, -0.05) is 30.3 Å². The quantitative estimate of drug-likeness (QED) is 0.709. The Hall–Kier alpha value is -3.35. The summed E-state index contributed by atoms with van der Waals surface area (Å²) in [6, 6.07) is 15.7. The molecule has 2 aromatic rings. The van der Waals surface area contributed by atoms with Gasteiger partial charge in [0, 0.05) is 18.7 Å². The maximum atomic E-state index is 13.0. The molecule has 0 aromatic heterocycles. The molecule has 2 aromatic carbocycles. The lowest BCUT2D eigenvalue weighted by Gasteiger charge is -2.34. The molecule has 7 heteroatoms. The van der Waals surface area contributed by atoms with Crippen molar-refractivity contribution in [1.29, 1.82) is 0 Å². The largest absolute Gasteiger partial charge is 0.489 e. The maximum Gasteiger partial charge on any atom is 0.308 e. The summed E-state index contributed by atoms with van der Waals surface area (Å²) in [4.78, 5) is 38.8. The fraction of sp³-hybridized carbons (Fsp3) is 0.348. The van der Waals surface area contributed by atoms with Crippen LogP contribution < -0.4 is 10.1 Å². The Bertz CT molecular complexity index is 880. The van der Waals surface area contributed by atoms with Crippen LogP contribution in [0, 0.1) is 0 Å². The number of esters is 1. The summed E-state index contributed by atoms with van der Waals surface area (Å²) in [6.45, 7) is 4.59. The molecule has 7 nitrogen and oxygen atoms in total. The second-order valence-corrected chi connectivity index (χ2v) is 7.35. The minimum absolute atomic E-state index is 0.173. The Morgan fingerprint density at radius 1 is 1.10 bits per heavy atom. The number of amides is 2. The third-order valence-electron chi connectivity index (χ3n) is 4.67. The van der Waals surface area contributed by atoms with Crippen LogP contribution in [0.25, 0.3) is 0 Å². The van der Waals surface area contributed by atoms with Crippen LogP contribution in [0.3, 0.4) is 0 Å². The molecule has 0 bridgehead atoms. The van der Waals surface area contributed by atoms with Crippen molar-refractivity contribution in [2.75, 3.05) is 13.1 Å². The van der Waals surface area contributed by atoms with Gasteiger partial charge in [-0.05, 0) is 43.7 Å². The van der Waals surface area contributed by atoms with Gasteiger partial charge < -0.3 is 19.7 Å². The van der Waals surface area contributed by atoms with Crippen molar-refractivity contribution in [3.63, 3.8) is 0 Å². The van der Waals surface area contributed by atoms with Gasteiger partial charge >= 0.3 is 5.97 Å². The van der Waals surface area contributed by atoms with Crippen molar-refractivity contribution in [2.24, 2.45) is 0 Å². The number of piperazine rings is 1. The molecular weight excluding hydrogens is 384 g/mol. The Labute approximate surface area is 176 Å². The van der Waals surface area contributed by atoms with E-state index in [0.29, 0.717) is 31.0 Å². The van der Waals surface area contributed by atoms with Crippen molar-refractivity contribution in [2.45, 2.75) is 39.0 Å². The average Bonchev–Trinajstić information content (AvgIpc) is 2.74. The second kappa shape index (κ2) is 9.91. The van der Waals surface area contributed by atoms with Gasteiger partial charge in [-0.15, -0.1) is 0 Å². The molecule has 1 aliphatic heterocycles. The average molecular weight is 410 g/mol. The molecule has 1 atom stereocenters. The van der Waals surface area contributed by atoms with Crippen LogP contribution >= 0.6 is 0 Å². The molecule has 1 heterocycles. The summed E-state index contributed by atoms with van der Waals surface area (Å²) in [7, 11) is 0. The minimum atomic E-state index is -0.883. The molecule has 0 saturated carbocycles. The highest BCUT2D eigenvalue weighted by Crippen LogP contribution is 2.19. The first kappa shape index (κ1) is 21.4. The molecule has 1 fully saturated rings. The summed E-state index contributed by atoms with van der Waals surface area (Å²) in [6.07, 6.45) is -0.453. The Balaban J connectivity index is 1.65. The lowest BCUT2D eigenvalue weighted by Crippen LogP contribution is -2.57. The van der Waals surface area contributed by atoms with Gasteiger partial charge in [-0.2, -0.15) is 0 Å². The van der Waals surface area contributed by atoms with Crippen LogP contribution in [0.4, 0.5) is 0 Å². The van der Waals surface area contributed by atoms with Gasteiger partial charge in [-0.25, -0.2) is 0 Å².